The summed E-state index contributed by atoms with van der Waals surface area (Å²) in [6.45, 7) is 5.90. The molecule has 0 radical (unpaired) electrons. The van der Waals surface area contributed by atoms with E-state index in [4.69, 9.17) is 9.47 Å². The third-order valence-electron chi connectivity index (χ3n) is 4.31. The van der Waals surface area contributed by atoms with Crippen LogP contribution in [0, 0.1) is 5.92 Å². The van der Waals surface area contributed by atoms with E-state index in [1.807, 2.05) is 0 Å². The topological polar surface area (TPSA) is 38.8 Å². The van der Waals surface area contributed by atoms with Crippen LogP contribution in [0.4, 0.5) is 0 Å². The predicted octanol–water partition coefficient (Wildman–Crippen LogP) is 3.01. The lowest BCUT2D eigenvalue weighted by Gasteiger charge is -2.33. The van der Waals surface area contributed by atoms with E-state index in [1.54, 1.807) is 32.2 Å². The van der Waals surface area contributed by atoms with Gasteiger partial charge in [-0.1, -0.05) is 0 Å². The molecule has 116 valence electrons. The first-order valence-corrected chi connectivity index (χ1v) is 7.55. The molecule has 4 nitrogen and oxygen atoms in total. The fourth-order valence-corrected chi connectivity index (χ4v) is 2.78. The SMILES string of the molecule is COc1ccc(C(C)=O)cc1OC(C)C1CCN(C)CC1. The lowest BCUT2D eigenvalue weighted by molar-refractivity contribution is 0.0944. The van der Waals surface area contributed by atoms with Crippen LogP contribution in [-0.2, 0) is 0 Å². The average Bonchev–Trinajstić information content (AvgIpc) is 2.47. The van der Waals surface area contributed by atoms with Crippen LogP contribution in [0.3, 0.4) is 0 Å². The second kappa shape index (κ2) is 6.94. The van der Waals surface area contributed by atoms with Gasteiger partial charge in [0.2, 0.25) is 0 Å². The van der Waals surface area contributed by atoms with Crippen molar-refractivity contribution in [2.75, 3.05) is 27.2 Å². The van der Waals surface area contributed by atoms with Gasteiger partial charge in [0.05, 0.1) is 13.2 Å². The zero-order valence-electron chi connectivity index (χ0n) is 13.4. The third kappa shape index (κ3) is 3.97. The van der Waals surface area contributed by atoms with Crippen molar-refractivity contribution >= 4 is 5.78 Å². The minimum atomic E-state index is 0.0365. The van der Waals surface area contributed by atoms with Crippen LogP contribution < -0.4 is 9.47 Å². The Bertz CT molecular complexity index is 493. The molecule has 1 aromatic carbocycles. The Morgan fingerprint density at radius 3 is 2.52 bits per heavy atom. The summed E-state index contributed by atoms with van der Waals surface area (Å²) in [5.74, 6) is 1.93. The molecule has 1 saturated heterocycles. The number of ketones is 1. The number of hydrogen-bond donors (Lipinski definition) is 0. The van der Waals surface area contributed by atoms with Crippen LogP contribution in [0.5, 0.6) is 11.5 Å². The summed E-state index contributed by atoms with van der Waals surface area (Å²) in [4.78, 5) is 13.9. The maximum absolute atomic E-state index is 11.5. The number of hydrogen-bond acceptors (Lipinski definition) is 4. The van der Waals surface area contributed by atoms with E-state index in [0.717, 1.165) is 25.9 Å². The molecule has 1 fully saturated rings. The van der Waals surface area contributed by atoms with E-state index in [0.29, 0.717) is 23.0 Å². The van der Waals surface area contributed by atoms with Crippen molar-refractivity contribution in [2.24, 2.45) is 5.92 Å². The summed E-state index contributed by atoms with van der Waals surface area (Å²) in [5.41, 5.74) is 0.654. The highest BCUT2D eigenvalue weighted by Crippen LogP contribution is 2.32. The smallest absolute Gasteiger partial charge is 0.162 e. The van der Waals surface area contributed by atoms with Gasteiger partial charge in [0.25, 0.3) is 0 Å². The molecule has 0 aromatic heterocycles. The maximum atomic E-state index is 11.5. The lowest BCUT2D eigenvalue weighted by atomic mass is 9.92. The second-order valence-corrected chi connectivity index (χ2v) is 5.89. The molecule has 0 bridgehead atoms. The number of carbonyl (C=O) groups excluding carboxylic acids is 1. The number of nitrogens with zero attached hydrogens (tertiary/aromatic N) is 1. The Morgan fingerprint density at radius 1 is 1.29 bits per heavy atom. The van der Waals surface area contributed by atoms with Gasteiger partial charge in [0.1, 0.15) is 0 Å². The molecule has 1 atom stereocenters. The molecule has 4 heteroatoms. The standard InChI is InChI=1S/C17H25NO3/c1-12(19)15-5-6-16(20-4)17(11-15)21-13(2)14-7-9-18(3)10-8-14/h5-6,11,13-14H,7-10H2,1-4H3. The average molecular weight is 291 g/mol. The summed E-state index contributed by atoms with van der Waals surface area (Å²) < 4.78 is 11.4. The Morgan fingerprint density at radius 2 is 1.95 bits per heavy atom. The first-order valence-electron chi connectivity index (χ1n) is 7.55. The summed E-state index contributed by atoms with van der Waals surface area (Å²) in [5, 5.41) is 0. The Hall–Kier alpha value is -1.55. The van der Waals surface area contributed by atoms with Gasteiger partial charge in [0.15, 0.2) is 17.3 Å². The highest BCUT2D eigenvalue weighted by atomic mass is 16.5. The van der Waals surface area contributed by atoms with E-state index in [2.05, 4.69) is 18.9 Å². The number of likely N-dealkylation sites (tertiary alicyclic amines) is 1. The Balaban J connectivity index is 2.10. The number of methoxy groups -OCH3 is 1. The van der Waals surface area contributed by atoms with E-state index < -0.39 is 0 Å². The number of benzene rings is 1. The maximum Gasteiger partial charge on any atom is 0.162 e. The molecule has 1 unspecified atom stereocenters. The Kier molecular flexibility index (Phi) is 5.23. The molecule has 0 spiro atoms. The quantitative estimate of drug-likeness (QED) is 0.782. The highest BCUT2D eigenvalue weighted by Gasteiger charge is 2.24. The van der Waals surface area contributed by atoms with Crippen LogP contribution >= 0.6 is 0 Å². The first kappa shape index (κ1) is 15.8. The number of carbonyl (C=O) groups is 1. The van der Waals surface area contributed by atoms with Crippen molar-refractivity contribution in [3.8, 4) is 11.5 Å². The molecular formula is C17H25NO3. The normalized spacial score (nSPS) is 18.3. The lowest BCUT2D eigenvalue weighted by Crippen LogP contribution is -2.36. The van der Waals surface area contributed by atoms with Crippen molar-refractivity contribution in [3.05, 3.63) is 23.8 Å². The van der Waals surface area contributed by atoms with Crippen LogP contribution in [-0.4, -0.2) is 44.0 Å². The summed E-state index contributed by atoms with van der Waals surface area (Å²) in [6.07, 6.45) is 2.41. The minimum Gasteiger partial charge on any atom is -0.493 e. The molecule has 2 rings (SSSR count). The molecule has 0 aliphatic carbocycles. The number of Topliss-reactive ketones (excluding diaryl/α,β-unsaturated/α-hetero) is 1. The fraction of sp³-hybridized carbons (Fsp3) is 0.588. The zero-order chi connectivity index (χ0) is 15.4. The molecule has 0 saturated carbocycles. The van der Waals surface area contributed by atoms with Crippen molar-refractivity contribution in [1.82, 2.24) is 4.90 Å². The monoisotopic (exact) mass is 291 g/mol. The summed E-state index contributed by atoms with van der Waals surface area (Å²) >= 11 is 0. The molecule has 1 heterocycles. The van der Waals surface area contributed by atoms with Gasteiger partial charge in [-0.25, -0.2) is 0 Å². The van der Waals surface area contributed by atoms with Gasteiger partial charge in [-0.05, 0) is 70.9 Å². The minimum absolute atomic E-state index is 0.0365. The molecule has 1 aliphatic rings. The van der Waals surface area contributed by atoms with Gasteiger partial charge < -0.3 is 14.4 Å². The number of ether oxygens (including phenoxy) is 2. The molecule has 0 amide bonds. The van der Waals surface area contributed by atoms with Crippen molar-refractivity contribution in [2.45, 2.75) is 32.8 Å². The van der Waals surface area contributed by atoms with E-state index in [-0.39, 0.29) is 11.9 Å². The van der Waals surface area contributed by atoms with Crippen LogP contribution in [0.15, 0.2) is 18.2 Å². The van der Waals surface area contributed by atoms with Crippen molar-refractivity contribution < 1.29 is 14.3 Å². The summed E-state index contributed by atoms with van der Waals surface area (Å²) in [7, 11) is 3.77. The molecule has 0 N–H and O–H groups in total. The van der Waals surface area contributed by atoms with E-state index in [1.165, 1.54) is 0 Å². The van der Waals surface area contributed by atoms with Gasteiger partial charge >= 0.3 is 0 Å². The fourth-order valence-electron chi connectivity index (χ4n) is 2.78. The molecule has 1 aliphatic heterocycles. The van der Waals surface area contributed by atoms with Crippen LogP contribution in [0.25, 0.3) is 0 Å². The van der Waals surface area contributed by atoms with Crippen molar-refractivity contribution in [3.63, 3.8) is 0 Å². The van der Waals surface area contributed by atoms with Gasteiger partial charge in [-0.3, -0.25) is 4.79 Å². The second-order valence-electron chi connectivity index (χ2n) is 5.89. The zero-order valence-corrected chi connectivity index (χ0v) is 13.4. The van der Waals surface area contributed by atoms with Crippen molar-refractivity contribution in [1.29, 1.82) is 0 Å². The third-order valence-corrected chi connectivity index (χ3v) is 4.31. The highest BCUT2D eigenvalue weighted by molar-refractivity contribution is 5.94. The van der Waals surface area contributed by atoms with Gasteiger partial charge in [-0.2, -0.15) is 0 Å². The molecule has 21 heavy (non-hydrogen) atoms. The molecule has 1 aromatic rings. The van der Waals surface area contributed by atoms with E-state index in [9.17, 15) is 4.79 Å². The number of piperidine rings is 1. The summed E-state index contributed by atoms with van der Waals surface area (Å²) in [6, 6.07) is 5.36. The first-order chi connectivity index (χ1) is 10.0. The van der Waals surface area contributed by atoms with Gasteiger partial charge in [0, 0.05) is 5.56 Å². The number of rotatable bonds is 5. The molecular weight excluding hydrogens is 266 g/mol. The van der Waals surface area contributed by atoms with E-state index >= 15 is 0 Å². The largest absolute Gasteiger partial charge is 0.493 e. The predicted molar refractivity (Wildman–Crippen MR) is 83.3 cm³/mol. The van der Waals surface area contributed by atoms with Crippen LogP contribution in [0.2, 0.25) is 0 Å². The Labute approximate surface area is 127 Å². The van der Waals surface area contributed by atoms with Gasteiger partial charge in [-0.15, -0.1) is 0 Å². The van der Waals surface area contributed by atoms with Crippen LogP contribution in [0.1, 0.15) is 37.0 Å².